The fourth-order valence-electron chi connectivity index (χ4n) is 5.22. The van der Waals surface area contributed by atoms with Crippen molar-refractivity contribution in [2.75, 3.05) is 16.8 Å². The summed E-state index contributed by atoms with van der Waals surface area (Å²) in [5.74, 6) is -3.42. The molecule has 4 aromatic rings. The van der Waals surface area contributed by atoms with Crippen LogP contribution < -0.4 is 15.5 Å². The summed E-state index contributed by atoms with van der Waals surface area (Å²) in [6.45, 7) is 0.535. The van der Waals surface area contributed by atoms with Crippen molar-refractivity contribution in [2.24, 2.45) is 0 Å². The van der Waals surface area contributed by atoms with Gasteiger partial charge in [-0.2, -0.15) is 13.2 Å². The molecule has 0 bridgehead atoms. The van der Waals surface area contributed by atoms with Gasteiger partial charge in [0.05, 0.1) is 11.6 Å². The zero-order valence-corrected chi connectivity index (χ0v) is 21.6. The minimum atomic E-state index is -4.88. The predicted molar refractivity (Wildman–Crippen MR) is 141 cm³/mol. The van der Waals surface area contributed by atoms with E-state index in [4.69, 9.17) is 11.6 Å². The Morgan fingerprint density at radius 1 is 1.05 bits per heavy atom. The van der Waals surface area contributed by atoms with Gasteiger partial charge in [-0.1, -0.05) is 11.6 Å². The number of nitrogens with zero attached hydrogens (tertiary/aromatic N) is 2. The molecule has 0 spiro atoms. The van der Waals surface area contributed by atoms with E-state index in [1.54, 1.807) is 30.6 Å². The largest absolute Gasteiger partial charge is 0.416 e. The van der Waals surface area contributed by atoms with Gasteiger partial charge in [-0.3, -0.25) is 14.6 Å². The lowest BCUT2D eigenvalue weighted by Crippen LogP contribution is -2.21. The smallest absolute Gasteiger partial charge is 0.341 e. The third-order valence-electron chi connectivity index (χ3n) is 7.06. The Labute approximate surface area is 234 Å². The summed E-state index contributed by atoms with van der Waals surface area (Å²) in [5, 5.41) is 5.46. The van der Waals surface area contributed by atoms with Crippen LogP contribution in [0.1, 0.15) is 49.0 Å². The maximum atomic E-state index is 14.2. The highest BCUT2D eigenvalue weighted by Gasteiger charge is 2.37. The molecule has 2 amide bonds. The molecule has 0 fully saturated rings. The quantitative estimate of drug-likeness (QED) is 0.258. The zero-order chi connectivity index (χ0) is 29.1. The first-order valence-corrected chi connectivity index (χ1v) is 12.7. The fraction of sp³-hybridized carbons (Fsp3) is 0.138. The summed E-state index contributed by atoms with van der Waals surface area (Å²) in [5.41, 5.74) is 1.07. The van der Waals surface area contributed by atoms with Crippen molar-refractivity contribution in [3.05, 3.63) is 117 Å². The normalized spacial score (nSPS) is 15.9. The number of benzene rings is 3. The summed E-state index contributed by atoms with van der Waals surface area (Å²) in [4.78, 5) is 32.5. The number of anilines is 3. The molecule has 1 atom stereocenters. The van der Waals surface area contributed by atoms with Crippen molar-refractivity contribution in [1.82, 2.24) is 10.3 Å². The van der Waals surface area contributed by atoms with E-state index >= 15 is 0 Å². The number of amides is 2. The molecule has 1 unspecified atom stereocenters. The van der Waals surface area contributed by atoms with Gasteiger partial charge in [-0.05, 0) is 66.6 Å². The highest BCUT2D eigenvalue weighted by Crippen LogP contribution is 2.44. The van der Waals surface area contributed by atoms with Gasteiger partial charge in [0.2, 0.25) is 0 Å². The highest BCUT2D eigenvalue weighted by atomic mass is 35.5. The number of hydrogen-bond acceptors (Lipinski definition) is 4. The molecule has 3 heterocycles. The van der Waals surface area contributed by atoms with Crippen LogP contribution in [0.5, 0.6) is 0 Å². The number of alkyl halides is 3. The molecule has 41 heavy (non-hydrogen) atoms. The Hall–Kier alpha value is -4.51. The molecule has 0 aliphatic carbocycles. The molecule has 3 aromatic carbocycles. The van der Waals surface area contributed by atoms with E-state index in [0.29, 0.717) is 36.9 Å². The first-order chi connectivity index (χ1) is 19.5. The number of carbonyl (C=O) groups is 2. The van der Waals surface area contributed by atoms with Crippen LogP contribution in [-0.4, -0.2) is 23.3 Å². The van der Waals surface area contributed by atoms with E-state index in [-0.39, 0.29) is 27.4 Å². The van der Waals surface area contributed by atoms with Crippen LogP contribution in [0.15, 0.2) is 67.0 Å². The Bertz CT molecular complexity index is 1740. The van der Waals surface area contributed by atoms with Crippen LogP contribution in [0.2, 0.25) is 5.02 Å². The molecule has 12 heteroatoms. The van der Waals surface area contributed by atoms with Gasteiger partial charge in [-0.25, -0.2) is 8.78 Å². The summed E-state index contributed by atoms with van der Waals surface area (Å²) >= 11 is 6.35. The van der Waals surface area contributed by atoms with Crippen molar-refractivity contribution in [1.29, 1.82) is 0 Å². The van der Waals surface area contributed by atoms with E-state index in [0.717, 1.165) is 23.4 Å². The number of rotatable bonds is 4. The van der Waals surface area contributed by atoms with E-state index in [1.165, 1.54) is 6.07 Å². The van der Waals surface area contributed by atoms with E-state index in [2.05, 4.69) is 15.6 Å². The molecular formula is C29H18ClF5N4O2. The molecule has 0 radical (unpaired) electrons. The predicted octanol–water partition coefficient (Wildman–Crippen LogP) is 6.81. The molecule has 2 aliphatic heterocycles. The Balaban J connectivity index is 1.49. The number of halogens is 6. The van der Waals surface area contributed by atoms with Gasteiger partial charge < -0.3 is 15.5 Å². The topological polar surface area (TPSA) is 74.3 Å². The maximum absolute atomic E-state index is 14.2. The van der Waals surface area contributed by atoms with Crippen LogP contribution in [0.4, 0.5) is 39.0 Å². The lowest BCUT2D eigenvalue weighted by atomic mass is 9.95. The maximum Gasteiger partial charge on any atom is 0.416 e. The van der Waals surface area contributed by atoms with Crippen LogP contribution in [0, 0.1) is 11.6 Å². The van der Waals surface area contributed by atoms with Crippen molar-refractivity contribution < 1.29 is 31.5 Å². The van der Waals surface area contributed by atoms with E-state index in [1.807, 2.05) is 4.90 Å². The van der Waals surface area contributed by atoms with Crippen molar-refractivity contribution in [3.63, 3.8) is 0 Å². The standard InChI is InChI=1S/C29H18ClF5N4O2/c30-22-2-1-17(31)10-20(22)26-25-21(28(41)38-26)11-19(39-6-4-14-13-36-5-3-24(14)39)12-23(25)37-27(40)15-7-16(29(33,34)35)9-18(32)8-15/h1-3,5,7-13,26H,4,6H2,(H,37,40)(H,38,41). The number of nitrogens with one attached hydrogen (secondary N) is 2. The second-order valence-corrected chi connectivity index (χ2v) is 10.0. The fourth-order valence-corrected chi connectivity index (χ4v) is 5.45. The van der Waals surface area contributed by atoms with Crippen molar-refractivity contribution >= 4 is 40.5 Å². The molecule has 6 nitrogen and oxygen atoms in total. The van der Waals surface area contributed by atoms with Crippen molar-refractivity contribution in [2.45, 2.75) is 18.6 Å². The van der Waals surface area contributed by atoms with Gasteiger partial charge in [-0.15, -0.1) is 0 Å². The first kappa shape index (κ1) is 26.7. The summed E-state index contributed by atoms with van der Waals surface area (Å²) in [6.07, 6.45) is -0.878. The minimum absolute atomic E-state index is 0.0616. The lowest BCUT2D eigenvalue weighted by Gasteiger charge is -2.23. The average molecular weight is 585 g/mol. The summed E-state index contributed by atoms with van der Waals surface area (Å²) < 4.78 is 68.3. The average Bonchev–Trinajstić information content (AvgIpc) is 3.50. The first-order valence-electron chi connectivity index (χ1n) is 12.3. The van der Waals surface area contributed by atoms with Crippen LogP contribution in [0.3, 0.4) is 0 Å². The van der Waals surface area contributed by atoms with Gasteiger partial charge in [0.25, 0.3) is 11.8 Å². The van der Waals surface area contributed by atoms with Gasteiger partial charge in [0.15, 0.2) is 0 Å². The molecule has 0 saturated heterocycles. The molecule has 2 aliphatic rings. The third-order valence-corrected chi connectivity index (χ3v) is 7.41. The number of fused-ring (bicyclic) bond motifs is 2. The number of hydrogen-bond donors (Lipinski definition) is 2. The third kappa shape index (κ3) is 4.86. The second kappa shape index (κ2) is 9.84. The number of carbonyl (C=O) groups excluding carboxylic acids is 2. The summed E-state index contributed by atoms with van der Waals surface area (Å²) in [7, 11) is 0. The Kier molecular flexibility index (Phi) is 6.41. The van der Waals surface area contributed by atoms with Crippen LogP contribution >= 0.6 is 11.6 Å². The second-order valence-electron chi connectivity index (χ2n) is 9.61. The molecule has 6 rings (SSSR count). The van der Waals surface area contributed by atoms with Gasteiger partial charge in [0, 0.05) is 63.3 Å². The molecular weight excluding hydrogens is 567 g/mol. The molecule has 208 valence electrons. The van der Waals surface area contributed by atoms with E-state index < -0.39 is 46.8 Å². The number of aromatic nitrogens is 1. The summed E-state index contributed by atoms with van der Waals surface area (Å²) in [6, 6.07) is 9.13. The lowest BCUT2D eigenvalue weighted by molar-refractivity contribution is -0.137. The Morgan fingerprint density at radius 2 is 1.85 bits per heavy atom. The number of pyridine rings is 1. The Morgan fingerprint density at radius 3 is 2.63 bits per heavy atom. The van der Waals surface area contributed by atoms with Crippen molar-refractivity contribution in [3.8, 4) is 0 Å². The monoisotopic (exact) mass is 584 g/mol. The zero-order valence-electron chi connectivity index (χ0n) is 20.8. The highest BCUT2D eigenvalue weighted by molar-refractivity contribution is 6.31. The SMILES string of the molecule is O=C(Nc1cc(N2CCc3cnccc32)cc2c1C(c1cc(F)ccc1Cl)NC2=O)c1cc(F)cc(C(F)(F)F)c1. The minimum Gasteiger partial charge on any atom is -0.341 e. The van der Waals surface area contributed by atoms with Crippen LogP contribution in [0.25, 0.3) is 0 Å². The van der Waals surface area contributed by atoms with Gasteiger partial charge >= 0.3 is 6.18 Å². The molecule has 1 aromatic heterocycles. The molecule has 2 N–H and O–H groups in total. The van der Waals surface area contributed by atoms with E-state index in [9.17, 15) is 31.5 Å². The molecule has 0 saturated carbocycles. The van der Waals surface area contributed by atoms with Crippen LogP contribution in [-0.2, 0) is 12.6 Å². The van der Waals surface area contributed by atoms with Gasteiger partial charge in [0.1, 0.15) is 11.6 Å².